The Bertz CT molecular complexity index is 1530. The summed E-state index contributed by atoms with van der Waals surface area (Å²) in [5, 5.41) is 22.7. The smallest absolute Gasteiger partial charge is 0.343 e. The maximum Gasteiger partial charge on any atom is 0.343 e. The van der Waals surface area contributed by atoms with Crippen LogP contribution >= 0.6 is 0 Å². The maximum absolute atomic E-state index is 13.6. The highest BCUT2D eigenvalue weighted by molar-refractivity contribution is 6.13. The summed E-state index contributed by atoms with van der Waals surface area (Å²) in [5.41, 5.74) is 0.405. The summed E-state index contributed by atoms with van der Waals surface area (Å²) in [5.74, 6) is -2.74. The van der Waals surface area contributed by atoms with E-state index in [1.165, 1.54) is 36.3 Å². The number of likely N-dealkylation sites (tertiary alicyclic amines) is 1. The lowest BCUT2D eigenvalue weighted by molar-refractivity contribution is -0.384. The van der Waals surface area contributed by atoms with Crippen molar-refractivity contribution >= 4 is 35.4 Å². The van der Waals surface area contributed by atoms with E-state index in [1.54, 1.807) is 6.92 Å². The minimum absolute atomic E-state index is 0.0570. The van der Waals surface area contributed by atoms with Crippen molar-refractivity contribution in [2.24, 2.45) is 10.9 Å². The fraction of sp³-hybridized carbons (Fsp3) is 0.455. The van der Waals surface area contributed by atoms with Crippen LogP contribution < -0.4 is 5.32 Å². The first-order valence-corrected chi connectivity index (χ1v) is 15.5. The Morgan fingerprint density at radius 3 is 2.43 bits per heavy atom. The Labute approximate surface area is 272 Å². The molecule has 3 amide bonds. The first kappa shape index (κ1) is 34.7. The van der Waals surface area contributed by atoms with Gasteiger partial charge in [0.15, 0.2) is 0 Å². The first-order valence-electron chi connectivity index (χ1n) is 15.5. The van der Waals surface area contributed by atoms with Gasteiger partial charge in [0, 0.05) is 25.1 Å². The Kier molecular flexibility index (Phi) is 11.7. The van der Waals surface area contributed by atoms with Crippen LogP contribution in [0.2, 0.25) is 0 Å². The number of nitro benzene ring substituents is 1. The van der Waals surface area contributed by atoms with Gasteiger partial charge in [-0.05, 0) is 56.9 Å². The number of esters is 2. The number of nitrogens with one attached hydrogen (secondary N) is 1. The van der Waals surface area contributed by atoms with Gasteiger partial charge in [0.05, 0.1) is 36.0 Å². The molecule has 0 bridgehead atoms. The van der Waals surface area contributed by atoms with E-state index in [9.17, 15) is 29.3 Å². The number of amidine groups is 1. The van der Waals surface area contributed by atoms with Gasteiger partial charge in [-0.3, -0.25) is 29.4 Å². The van der Waals surface area contributed by atoms with Crippen LogP contribution in [-0.4, -0.2) is 84.3 Å². The second-order valence-corrected chi connectivity index (χ2v) is 11.3. The van der Waals surface area contributed by atoms with Gasteiger partial charge >= 0.3 is 18.0 Å². The van der Waals surface area contributed by atoms with Crippen molar-refractivity contribution in [3.05, 3.63) is 75.8 Å². The lowest BCUT2D eigenvalue weighted by Crippen LogP contribution is -2.53. The molecule has 2 aromatic carbocycles. The highest BCUT2D eigenvalue weighted by Gasteiger charge is 2.45. The molecule has 14 nitrogen and oxygen atoms in total. The number of non-ortho nitro benzene ring substituents is 1. The van der Waals surface area contributed by atoms with Crippen molar-refractivity contribution in [3.8, 4) is 6.07 Å². The molecule has 14 heteroatoms. The number of hydrogen-bond acceptors (Lipinski definition) is 10. The number of methoxy groups -OCH3 is 1. The van der Waals surface area contributed by atoms with Gasteiger partial charge in [-0.2, -0.15) is 10.3 Å². The van der Waals surface area contributed by atoms with E-state index in [-0.39, 0.29) is 49.4 Å². The van der Waals surface area contributed by atoms with Gasteiger partial charge in [-0.1, -0.05) is 42.5 Å². The van der Waals surface area contributed by atoms with E-state index in [0.29, 0.717) is 44.5 Å². The number of nitrogens with zero attached hydrogens (tertiary/aromatic N) is 5. The van der Waals surface area contributed by atoms with Crippen LogP contribution in [0.5, 0.6) is 0 Å². The van der Waals surface area contributed by atoms with Gasteiger partial charge in [-0.15, -0.1) is 0 Å². The molecule has 2 heterocycles. The number of piperidine rings is 1. The van der Waals surface area contributed by atoms with Crippen molar-refractivity contribution in [3.63, 3.8) is 0 Å². The molecule has 2 unspecified atom stereocenters. The molecular weight excluding hydrogens is 608 g/mol. The fourth-order valence-corrected chi connectivity index (χ4v) is 6.18. The van der Waals surface area contributed by atoms with Crippen LogP contribution in [0.25, 0.3) is 0 Å². The van der Waals surface area contributed by atoms with Crippen LogP contribution in [0.3, 0.4) is 0 Å². The van der Waals surface area contributed by atoms with Crippen LogP contribution in [0.15, 0.2) is 59.6 Å². The number of nitro groups is 1. The SMILES string of the molecule is CCN(C(=O)CCCN1CCC(C(=O)OC)(c2ccccc2)CC1)C1=NC(=O)NC(c2ccc([N+](=O)[O-])cc2)C1C(=O)OCCC#N. The predicted molar refractivity (Wildman–Crippen MR) is 169 cm³/mol. The number of urea groups is 1. The molecule has 0 aromatic heterocycles. The zero-order valence-corrected chi connectivity index (χ0v) is 26.4. The van der Waals surface area contributed by atoms with E-state index < -0.39 is 34.3 Å². The molecule has 2 aliphatic heterocycles. The zero-order chi connectivity index (χ0) is 34.0. The van der Waals surface area contributed by atoms with E-state index in [0.717, 1.165) is 5.56 Å². The maximum atomic E-state index is 13.6. The molecule has 0 radical (unpaired) electrons. The zero-order valence-electron chi connectivity index (χ0n) is 26.4. The third-order valence-corrected chi connectivity index (χ3v) is 8.65. The average molecular weight is 647 g/mol. The third kappa shape index (κ3) is 7.98. The van der Waals surface area contributed by atoms with Crippen LogP contribution in [-0.2, 0) is 29.3 Å². The highest BCUT2D eigenvalue weighted by Crippen LogP contribution is 2.37. The number of aliphatic imine (C=N–C) groups is 1. The largest absolute Gasteiger partial charge is 0.468 e. The number of hydrogen-bond donors (Lipinski definition) is 1. The van der Waals surface area contributed by atoms with Crippen molar-refractivity contribution in [1.29, 1.82) is 5.26 Å². The van der Waals surface area contributed by atoms with Gasteiger partial charge < -0.3 is 19.7 Å². The molecule has 1 N–H and O–H groups in total. The summed E-state index contributed by atoms with van der Waals surface area (Å²) in [6.45, 7) is 3.48. The summed E-state index contributed by atoms with van der Waals surface area (Å²) < 4.78 is 10.5. The summed E-state index contributed by atoms with van der Waals surface area (Å²) in [6, 6.07) is 15.0. The fourth-order valence-electron chi connectivity index (χ4n) is 6.18. The van der Waals surface area contributed by atoms with Gasteiger partial charge in [0.1, 0.15) is 18.4 Å². The number of amides is 3. The van der Waals surface area contributed by atoms with E-state index in [2.05, 4.69) is 15.2 Å². The monoisotopic (exact) mass is 646 g/mol. The number of carbonyl (C=O) groups excluding carboxylic acids is 4. The number of nitriles is 1. The van der Waals surface area contributed by atoms with Crippen LogP contribution in [0, 0.1) is 27.4 Å². The quantitative estimate of drug-likeness (QED) is 0.154. The van der Waals surface area contributed by atoms with Crippen molar-refractivity contribution < 1.29 is 33.6 Å². The molecule has 4 rings (SSSR count). The molecule has 2 atom stereocenters. The molecule has 0 saturated carbocycles. The van der Waals surface area contributed by atoms with Gasteiger partial charge in [-0.25, -0.2) is 4.79 Å². The lowest BCUT2D eigenvalue weighted by Gasteiger charge is -2.40. The Hall–Kier alpha value is -5.16. The van der Waals surface area contributed by atoms with Crippen molar-refractivity contribution in [1.82, 2.24) is 15.1 Å². The van der Waals surface area contributed by atoms with Crippen molar-refractivity contribution in [2.45, 2.75) is 50.5 Å². The summed E-state index contributed by atoms with van der Waals surface area (Å²) in [4.78, 5) is 70.8. The number of carbonyl (C=O) groups is 4. The molecule has 1 fully saturated rings. The van der Waals surface area contributed by atoms with Gasteiger partial charge in [0.2, 0.25) is 5.91 Å². The predicted octanol–water partition coefficient (Wildman–Crippen LogP) is 3.67. The molecule has 0 aliphatic carbocycles. The minimum Gasteiger partial charge on any atom is -0.468 e. The number of rotatable bonds is 12. The summed E-state index contributed by atoms with van der Waals surface area (Å²) >= 11 is 0. The molecule has 2 aliphatic rings. The molecule has 248 valence electrons. The summed E-state index contributed by atoms with van der Waals surface area (Å²) in [6.07, 6.45) is 1.67. The average Bonchev–Trinajstić information content (AvgIpc) is 3.08. The Morgan fingerprint density at radius 2 is 1.83 bits per heavy atom. The Balaban J connectivity index is 1.46. The van der Waals surface area contributed by atoms with Gasteiger partial charge in [0.25, 0.3) is 5.69 Å². The number of ether oxygens (including phenoxy) is 2. The van der Waals surface area contributed by atoms with E-state index in [1.807, 2.05) is 36.4 Å². The number of benzene rings is 2. The van der Waals surface area contributed by atoms with E-state index >= 15 is 0 Å². The Morgan fingerprint density at radius 1 is 1.15 bits per heavy atom. The molecular formula is C33H38N6O8. The lowest BCUT2D eigenvalue weighted by atomic mass is 9.72. The second-order valence-electron chi connectivity index (χ2n) is 11.3. The van der Waals surface area contributed by atoms with Crippen molar-refractivity contribution in [2.75, 3.05) is 39.9 Å². The molecule has 2 aromatic rings. The topological polar surface area (TPSA) is 185 Å². The standard InChI is InChI=1S/C33H38N6O8/c1-3-38(26(40)11-7-19-37-20-16-33(17-21-37,31(42)46-2)24-9-5-4-6-10-24)29-27(30(41)47-22-8-18-34)28(35-32(43)36-29)23-12-14-25(15-13-23)39(44)45/h4-6,9-10,12-15,27-28H,3,7-8,11,16-17,19-22H2,1-2H3,(H,35,43). The third-order valence-electron chi connectivity index (χ3n) is 8.65. The molecule has 0 spiro atoms. The molecule has 47 heavy (non-hydrogen) atoms. The second kappa shape index (κ2) is 15.9. The highest BCUT2D eigenvalue weighted by atomic mass is 16.6. The van der Waals surface area contributed by atoms with E-state index in [4.69, 9.17) is 14.7 Å². The first-order chi connectivity index (χ1) is 22.6. The molecule has 1 saturated heterocycles. The normalized spacial score (nSPS) is 19.0. The van der Waals surface area contributed by atoms with Crippen LogP contribution in [0.4, 0.5) is 10.5 Å². The minimum atomic E-state index is -1.25. The van der Waals surface area contributed by atoms with Crippen LogP contribution in [0.1, 0.15) is 56.2 Å². The summed E-state index contributed by atoms with van der Waals surface area (Å²) in [7, 11) is 1.40.